The van der Waals surface area contributed by atoms with Crippen LogP contribution in [-0.4, -0.2) is 30.7 Å². The summed E-state index contributed by atoms with van der Waals surface area (Å²) in [7, 11) is 0. The number of rotatable bonds is 4. The summed E-state index contributed by atoms with van der Waals surface area (Å²) in [6.45, 7) is 0.175. The summed E-state index contributed by atoms with van der Waals surface area (Å²) in [4.78, 5) is 25.9. The third kappa shape index (κ3) is 2.82. The summed E-state index contributed by atoms with van der Waals surface area (Å²) in [5.41, 5.74) is 0.222. The van der Waals surface area contributed by atoms with Crippen LogP contribution in [0.3, 0.4) is 0 Å². The van der Waals surface area contributed by atoms with E-state index in [-0.39, 0.29) is 23.8 Å². The van der Waals surface area contributed by atoms with Gasteiger partial charge in [-0.3, -0.25) is 4.79 Å². The molecule has 0 aromatic carbocycles. The Morgan fingerprint density at radius 3 is 2.82 bits per heavy atom. The molecule has 0 spiro atoms. The summed E-state index contributed by atoms with van der Waals surface area (Å²) in [6.07, 6.45) is 1.37. The van der Waals surface area contributed by atoms with Gasteiger partial charge < -0.3 is 10.4 Å². The molecular formula is C8H6N4O3S2. The Balaban J connectivity index is 1.93. The molecule has 0 aliphatic heterocycles. The maximum atomic E-state index is 11.5. The van der Waals surface area contributed by atoms with Crippen LogP contribution in [0.25, 0.3) is 0 Å². The summed E-state index contributed by atoms with van der Waals surface area (Å²) in [6, 6.07) is 0. The molecule has 2 heterocycles. The Kier molecular flexibility index (Phi) is 3.40. The molecule has 0 unspecified atom stereocenters. The molecule has 0 radical (unpaired) electrons. The van der Waals surface area contributed by atoms with Crippen molar-refractivity contribution in [3.8, 4) is 0 Å². The molecule has 0 aliphatic carbocycles. The maximum Gasteiger partial charge on any atom is 0.355 e. The van der Waals surface area contributed by atoms with Gasteiger partial charge in [0.1, 0.15) is 5.01 Å². The first-order valence-corrected chi connectivity index (χ1v) is 6.01. The number of hydrogen-bond acceptors (Lipinski definition) is 7. The van der Waals surface area contributed by atoms with E-state index >= 15 is 0 Å². The van der Waals surface area contributed by atoms with Crippen LogP contribution in [0.4, 0.5) is 0 Å². The second-order valence-electron chi connectivity index (χ2n) is 2.91. The number of nitrogens with zero attached hydrogens (tertiary/aromatic N) is 3. The molecule has 2 aromatic heterocycles. The minimum Gasteiger partial charge on any atom is -0.476 e. The molecule has 2 aromatic rings. The van der Waals surface area contributed by atoms with Crippen LogP contribution in [0, 0.1) is 0 Å². The minimum atomic E-state index is -1.08. The quantitative estimate of drug-likeness (QED) is 0.843. The zero-order chi connectivity index (χ0) is 12.3. The fraction of sp³-hybridized carbons (Fsp3) is 0.125. The van der Waals surface area contributed by atoms with Crippen molar-refractivity contribution in [3.05, 3.63) is 28.0 Å². The normalized spacial score (nSPS) is 10.1. The fourth-order valence-electron chi connectivity index (χ4n) is 1.00. The first-order valence-electron chi connectivity index (χ1n) is 4.40. The second-order valence-corrected chi connectivity index (χ2v) is 4.41. The van der Waals surface area contributed by atoms with E-state index in [1.54, 1.807) is 0 Å². The van der Waals surface area contributed by atoms with Crippen LogP contribution in [0.15, 0.2) is 11.6 Å². The topological polar surface area (TPSA) is 105 Å². The van der Waals surface area contributed by atoms with E-state index < -0.39 is 5.97 Å². The van der Waals surface area contributed by atoms with E-state index in [1.165, 1.54) is 22.9 Å². The number of aromatic carboxylic acids is 1. The average molecular weight is 270 g/mol. The van der Waals surface area contributed by atoms with Crippen molar-refractivity contribution in [2.24, 2.45) is 0 Å². The van der Waals surface area contributed by atoms with Gasteiger partial charge in [0.15, 0.2) is 11.4 Å². The summed E-state index contributed by atoms with van der Waals surface area (Å²) in [5.74, 6) is -1.44. The highest BCUT2D eigenvalue weighted by molar-refractivity contribution is 7.09. The predicted octanol–water partition coefficient (Wildman–Crippen LogP) is 0.623. The smallest absolute Gasteiger partial charge is 0.355 e. The van der Waals surface area contributed by atoms with Crippen LogP contribution in [-0.2, 0) is 6.54 Å². The number of carbonyl (C=O) groups is 2. The first kappa shape index (κ1) is 11.6. The van der Waals surface area contributed by atoms with Crippen molar-refractivity contribution < 1.29 is 14.7 Å². The van der Waals surface area contributed by atoms with Crippen LogP contribution < -0.4 is 5.32 Å². The number of thiazole rings is 1. The lowest BCUT2D eigenvalue weighted by Gasteiger charge is -1.98. The summed E-state index contributed by atoms with van der Waals surface area (Å²) < 4.78 is 7.47. The van der Waals surface area contributed by atoms with Crippen LogP contribution in [0.1, 0.15) is 26.0 Å². The Morgan fingerprint density at radius 1 is 1.41 bits per heavy atom. The zero-order valence-corrected chi connectivity index (χ0v) is 9.92. The number of nitrogens with one attached hydrogen (secondary N) is 1. The predicted molar refractivity (Wildman–Crippen MR) is 60.2 cm³/mol. The van der Waals surface area contributed by atoms with Crippen molar-refractivity contribution in [2.45, 2.75) is 6.54 Å². The monoisotopic (exact) mass is 270 g/mol. The van der Waals surface area contributed by atoms with Gasteiger partial charge in [0, 0.05) is 5.38 Å². The van der Waals surface area contributed by atoms with Crippen LogP contribution in [0.2, 0.25) is 0 Å². The van der Waals surface area contributed by atoms with Crippen molar-refractivity contribution in [2.75, 3.05) is 0 Å². The molecule has 88 valence electrons. The van der Waals surface area contributed by atoms with Gasteiger partial charge in [-0.15, -0.1) is 11.3 Å². The van der Waals surface area contributed by atoms with E-state index in [0.717, 1.165) is 11.7 Å². The summed E-state index contributed by atoms with van der Waals surface area (Å²) in [5, 5.41) is 13.2. The molecule has 0 fully saturated rings. The van der Waals surface area contributed by atoms with Crippen molar-refractivity contribution >= 4 is 34.9 Å². The van der Waals surface area contributed by atoms with Gasteiger partial charge in [0.25, 0.3) is 5.91 Å². The van der Waals surface area contributed by atoms with Gasteiger partial charge in [-0.2, -0.15) is 8.75 Å². The standard InChI is InChI=1S/C8H6N4O3S2/c13-7(4-1-10-17-12-4)9-2-6-11-5(3-16-6)8(14)15/h1,3H,2H2,(H,9,13)(H,14,15). The highest BCUT2D eigenvalue weighted by Crippen LogP contribution is 2.09. The van der Waals surface area contributed by atoms with Gasteiger partial charge in [-0.1, -0.05) is 0 Å². The van der Waals surface area contributed by atoms with Crippen LogP contribution in [0.5, 0.6) is 0 Å². The molecule has 0 aliphatic rings. The molecule has 7 nitrogen and oxygen atoms in total. The Bertz CT molecular complexity index is 537. The Morgan fingerprint density at radius 2 is 2.24 bits per heavy atom. The van der Waals surface area contributed by atoms with E-state index in [1.807, 2.05) is 0 Å². The lowest BCUT2D eigenvalue weighted by atomic mass is 10.4. The number of hydrogen-bond donors (Lipinski definition) is 2. The van der Waals surface area contributed by atoms with E-state index in [2.05, 4.69) is 19.0 Å². The van der Waals surface area contributed by atoms with Gasteiger partial charge in [-0.25, -0.2) is 9.78 Å². The molecule has 17 heavy (non-hydrogen) atoms. The lowest BCUT2D eigenvalue weighted by molar-refractivity contribution is 0.0691. The van der Waals surface area contributed by atoms with Crippen LogP contribution >= 0.6 is 23.1 Å². The van der Waals surface area contributed by atoms with E-state index in [9.17, 15) is 9.59 Å². The largest absolute Gasteiger partial charge is 0.476 e. The molecule has 1 amide bonds. The van der Waals surface area contributed by atoms with Gasteiger partial charge in [-0.05, 0) is 0 Å². The average Bonchev–Trinajstić information content (AvgIpc) is 2.97. The Labute approximate surface area is 103 Å². The third-order valence-corrected chi connectivity index (χ3v) is 3.09. The number of carbonyl (C=O) groups excluding carboxylic acids is 1. The molecule has 9 heteroatoms. The van der Waals surface area contributed by atoms with Gasteiger partial charge in [0.05, 0.1) is 24.5 Å². The van der Waals surface area contributed by atoms with Crippen molar-refractivity contribution in [3.63, 3.8) is 0 Å². The highest BCUT2D eigenvalue weighted by atomic mass is 32.1. The molecule has 0 saturated carbocycles. The SMILES string of the molecule is O=C(O)c1csc(CNC(=O)c2cnsn2)n1. The fourth-order valence-corrected chi connectivity index (χ4v) is 2.12. The summed E-state index contributed by atoms with van der Waals surface area (Å²) >= 11 is 2.12. The molecular weight excluding hydrogens is 264 g/mol. The molecule has 0 saturated heterocycles. The minimum absolute atomic E-state index is 0.0189. The molecule has 2 rings (SSSR count). The van der Waals surface area contributed by atoms with Crippen molar-refractivity contribution in [1.29, 1.82) is 0 Å². The van der Waals surface area contributed by atoms with Gasteiger partial charge >= 0.3 is 5.97 Å². The van der Waals surface area contributed by atoms with E-state index in [0.29, 0.717) is 5.01 Å². The molecule has 2 N–H and O–H groups in total. The Hall–Kier alpha value is -1.87. The molecule has 0 atom stereocenters. The highest BCUT2D eigenvalue weighted by Gasteiger charge is 2.11. The van der Waals surface area contributed by atoms with Crippen molar-refractivity contribution in [1.82, 2.24) is 19.0 Å². The second kappa shape index (κ2) is 4.97. The number of amides is 1. The maximum absolute atomic E-state index is 11.5. The zero-order valence-electron chi connectivity index (χ0n) is 8.28. The molecule has 0 bridgehead atoms. The van der Waals surface area contributed by atoms with Gasteiger partial charge in [0.2, 0.25) is 0 Å². The number of carboxylic acids is 1. The third-order valence-electron chi connectivity index (χ3n) is 1.76. The first-order chi connectivity index (χ1) is 8.16. The number of aromatic nitrogens is 3. The van der Waals surface area contributed by atoms with E-state index in [4.69, 9.17) is 5.11 Å². The number of carboxylic acid groups (broad SMARTS) is 1. The lowest BCUT2D eigenvalue weighted by Crippen LogP contribution is -2.23.